The van der Waals surface area contributed by atoms with E-state index in [2.05, 4.69) is 46.0 Å². The molecule has 2 aromatic rings. The molecular weight excluding hydrogens is 468 g/mol. The predicted octanol–water partition coefficient (Wildman–Crippen LogP) is 3.90. The minimum absolute atomic E-state index is 0. The van der Waals surface area contributed by atoms with Gasteiger partial charge in [0.05, 0.1) is 0 Å². The first-order valence-electron chi connectivity index (χ1n) is 9.54. The van der Waals surface area contributed by atoms with Gasteiger partial charge in [0.2, 0.25) is 0 Å². The summed E-state index contributed by atoms with van der Waals surface area (Å²) in [6, 6.07) is 17.4. The number of rotatable bonds is 6. The van der Waals surface area contributed by atoms with E-state index >= 15 is 0 Å². The molecule has 0 unspecified atom stereocenters. The lowest BCUT2D eigenvalue weighted by Crippen LogP contribution is -2.48. The highest BCUT2D eigenvalue weighted by atomic mass is 127. The molecule has 1 saturated heterocycles. The zero-order chi connectivity index (χ0) is 19.0. The number of hydrogen-bond acceptors (Lipinski definition) is 2. The first-order chi connectivity index (χ1) is 13.2. The number of nitrogens with one attached hydrogen (secondary N) is 2. The SMILES string of the molecule is CN=C(NCCc1cccc(F)c1)NCC1(c2ccccc2)CCOCC1.I. The summed E-state index contributed by atoms with van der Waals surface area (Å²) >= 11 is 0. The van der Waals surface area contributed by atoms with Crippen molar-refractivity contribution in [2.45, 2.75) is 24.7 Å². The standard InChI is InChI=1S/C22H28FN3O.HI/c1-24-21(25-13-10-18-6-5-9-20(23)16-18)26-17-22(11-14-27-15-12-22)19-7-3-2-4-8-19;/h2-9,16H,10-15,17H2,1H3,(H2,24,25,26);1H. The van der Waals surface area contributed by atoms with Crippen molar-refractivity contribution in [1.29, 1.82) is 0 Å². The molecule has 2 aromatic carbocycles. The minimum atomic E-state index is -0.195. The lowest BCUT2D eigenvalue weighted by Gasteiger charge is -2.38. The Morgan fingerprint density at radius 2 is 1.82 bits per heavy atom. The molecule has 0 spiro atoms. The van der Waals surface area contributed by atoms with E-state index in [1.807, 2.05) is 6.07 Å². The summed E-state index contributed by atoms with van der Waals surface area (Å²) in [6.45, 7) is 3.06. The fourth-order valence-corrected chi connectivity index (χ4v) is 3.61. The number of guanidine groups is 1. The van der Waals surface area contributed by atoms with Crippen LogP contribution in [0.1, 0.15) is 24.0 Å². The van der Waals surface area contributed by atoms with Gasteiger partial charge in [0, 0.05) is 38.8 Å². The van der Waals surface area contributed by atoms with Crippen molar-refractivity contribution in [2.24, 2.45) is 4.99 Å². The van der Waals surface area contributed by atoms with Gasteiger partial charge in [0.1, 0.15) is 5.82 Å². The first-order valence-corrected chi connectivity index (χ1v) is 9.54. The number of ether oxygens (including phenoxy) is 1. The Hall–Kier alpha value is -1.67. The van der Waals surface area contributed by atoms with E-state index in [0.717, 1.165) is 50.5 Å². The second kappa shape index (κ2) is 11.4. The summed E-state index contributed by atoms with van der Waals surface area (Å²) in [7, 11) is 1.77. The first kappa shape index (κ1) is 22.6. The predicted molar refractivity (Wildman–Crippen MR) is 123 cm³/mol. The third kappa shape index (κ3) is 6.17. The largest absolute Gasteiger partial charge is 0.381 e. The van der Waals surface area contributed by atoms with Gasteiger partial charge in [-0.05, 0) is 42.5 Å². The van der Waals surface area contributed by atoms with E-state index in [9.17, 15) is 4.39 Å². The third-order valence-electron chi connectivity index (χ3n) is 5.25. The third-order valence-corrected chi connectivity index (χ3v) is 5.25. The van der Waals surface area contributed by atoms with Crippen LogP contribution >= 0.6 is 24.0 Å². The molecule has 3 rings (SSSR count). The van der Waals surface area contributed by atoms with Gasteiger partial charge < -0.3 is 15.4 Å². The topological polar surface area (TPSA) is 45.7 Å². The highest BCUT2D eigenvalue weighted by Crippen LogP contribution is 2.34. The lowest BCUT2D eigenvalue weighted by molar-refractivity contribution is 0.0514. The van der Waals surface area contributed by atoms with E-state index in [1.165, 1.54) is 11.6 Å². The zero-order valence-corrected chi connectivity index (χ0v) is 18.6. The molecule has 0 aromatic heterocycles. The van der Waals surface area contributed by atoms with Crippen LogP contribution in [-0.4, -0.2) is 39.3 Å². The quantitative estimate of drug-likeness (QED) is 0.362. The summed E-state index contributed by atoms with van der Waals surface area (Å²) in [4.78, 5) is 4.34. The van der Waals surface area contributed by atoms with Crippen molar-refractivity contribution in [2.75, 3.05) is 33.4 Å². The summed E-state index contributed by atoms with van der Waals surface area (Å²) in [5, 5.41) is 6.82. The summed E-state index contributed by atoms with van der Waals surface area (Å²) in [6.07, 6.45) is 2.73. The van der Waals surface area contributed by atoms with Crippen LogP contribution in [0.3, 0.4) is 0 Å². The average molecular weight is 497 g/mol. The van der Waals surface area contributed by atoms with E-state index in [4.69, 9.17) is 4.74 Å². The lowest BCUT2D eigenvalue weighted by atomic mass is 9.74. The zero-order valence-electron chi connectivity index (χ0n) is 16.3. The van der Waals surface area contributed by atoms with Crippen LogP contribution in [0.2, 0.25) is 0 Å². The van der Waals surface area contributed by atoms with Gasteiger partial charge in [0.15, 0.2) is 5.96 Å². The molecule has 0 aliphatic carbocycles. The normalized spacial score (nSPS) is 16.1. The molecule has 0 saturated carbocycles. The van der Waals surface area contributed by atoms with Crippen LogP contribution in [0.4, 0.5) is 4.39 Å². The van der Waals surface area contributed by atoms with Crippen molar-refractivity contribution in [3.05, 3.63) is 71.5 Å². The molecule has 152 valence electrons. The van der Waals surface area contributed by atoms with Gasteiger partial charge in [-0.15, -0.1) is 24.0 Å². The maximum Gasteiger partial charge on any atom is 0.191 e. The Balaban J connectivity index is 0.00000280. The van der Waals surface area contributed by atoms with Crippen molar-refractivity contribution < 1.29 is 9.13 Å². The van der Waals surface area contributed by atoms with Crippen molar-refractivity contribution >= 4 is 29.9 Å². The Morgan fingerprint density at radius 1 is 1.07 bits per heavy atom. The van der Waals surface area contributed by atoms with E-state index in [0.29, 0.717) is 6.54 Å². The molecule has 1 fully saturated rings. The molecular formula is C22H29FIN3O. The van der Waals surface area contributed by atoms with Gasteiger partial charge >= 0.3 is 0 Å². The van der Waals surface area contributed by atoms with Crippen LogP contribution < -0.4 is 10.6 Å². The smallest absolute Gasteiger partial charge is 0.191 e. The number of nitrogens with zero attached hydrogens (tertiary/aromatic N) is 1. The Bertz CT molecular complexity index is 748. The number of hydrogen-bond donors (Lipinski definition) is 2. The fourth-order valence-electron chi connectivity index (χ4n) is 3.61. The van der Waals surface area contributed by atoms with Crippen LogP contribution in [0, 0.1) is 5.82 Å². The van der Waals surface area contributed by atoms with Crippen LogP contribution in [0.5, 0.6) is 0 Å². The van der Waals surface area contributed by atoms with Crippen molar-refractivity contribution in [3.63, 3.8) is 0 Å². The minimum Gasteiger partial charge on any atom is -0.381 e. The van der Waals surface area contributed by atoms with Gasteiger partial charge in [0.25, 0.3) is 0 Å². The molecule has 0 radical (unpaired) electrons. The molecule has 6 heteroatoms. The van der Waals surface area contributed by atoms with Gasteiger partial charge in [-0.25, -0.2) is 4.39 Å². The summed E-state index contributed by atoms with van der Waals surface area (Å²) in [5.41, 5.74) is 2.37. The van der Waals surface area contributed by atoms with Gasteiger partial charge in [-0.1, -0.05) is 42.5 Å². The number of benzene rings is 2. The van der Waals surface area contributed by atoms with Crippen molar-refractivity contribution in [3.8, 4) is 0 Å². The molecule has 4 nitrogen and oxygen atoms in total. The molecule has 28 heavy (non-hydrogen) atoms. The van der Waals surface area contributed by atoms with Gasteiger partial charge in [-0.2, -0.15) is 0 Å². The van der Waals surface area contributed by atoms with Crippen molar-refractivity contribution in [1.82, 2.24) is 10.6 Å². The molecule has 0 atom stereocenters. The molecule has 2 N–H and O–H groups in total. The van der Waals surface area contributed by atoms with E-state index < -0.39 is 0 Å². The van der Waals surface area contributed by atoms with Crippen LogP contribution in [0.25, 0.3) is 0 Å². The van der Waals surface area contributed by atoms with Crippen LogP contribution in [0.15, 0.2) is 59.6 Å². The maximum absolute atomic E-state index is 13.3. The summed E-state index contributed by atoms with van der Waals surface area (Å²) in [5.74, 6) is 0.576. The highest BCUT2D eigenvalue weighted by molar-refractivity contribution is 14.0. The molecule has 1 heterocycles. The second-order valence-electron chi connectivity index (χ2n) is 6.99. The molecule has 0 bridgehead atoms. The average Bonchev–Trinajstić information content (AvgIpc) is 2.72. The Kier molecular flexibility index (Phi) is 9.18. The molecule has 1 aliphatic heterocycles. The molecule has 0 amide bonds. The maximum atomic E-state index is 13.3. The molecule has 1 aliphatic rings. The Morgan fingerprint density at radius 3 is 2.50 bits per heavy atom. The van der Waals surface area contributed by atoms with Crippen LogP contribution in [-0.2, 0) is 16.6 Å². The monoisotopic (exact) mass is 497 g/mol. The number of halogens is 2. The van der Waals surface area contributed by atoms with E-state index in [-0.39, 0.29) is 35.2 Å². The van der Waals surface area contributed by atoms with E-state index in [1.54, 1.807) is 19.2 Å². The Labute approximate surface area is 184 Å². The highest BCUT2D eigenvalue weighted by Gasteiger charge is 2.34. The summed E-state index contributed by atoms with van der Waals surface area (Å²) < 4.78 is 18.9. The fraction of sp³-hybridized carbons (Fsp3) is 0.409. The van der Waals surface area contributed by atoms with Gasteiger partial charge in [-0.3, -0.25) is 4.99 Å². The second-order valence-corrected chi connectivity index (χ2v) is 6.99. The number of aliphatic imine (C=N–C) groups is 1.